The summed E-state index contributed by atoms with van der Waals surface area (Å²) >= 11 is 0. The summed E-state index contributed by atoms with van der Waals surface area (Å²) < 4.78 is 460. The zero-order valence-corrected chi connectivity index (χ0v) is 33.1. The lowest BCUT2D eigenvalue weighted by molar-refractivity contribution is 0.379. The second-order valence-corrected chi connectivity index (χ2v) is 14.3. The lowest BCUT2D eigenvalue weighted by atomic mass is 9.24. The van der Waals surface area contributed by atoms with Crippen LogP contribution >= 0.6 is 0 Å². The highest BCUT2D eigenvalue weighted by atomic mass is 19.2. The molecule has 0 aliphatic carbocycles. The lowest BCUT2D eigenvalue weighted by Crippen LogP contribution is -2.71. The molecule has 0 bridgehead atoms. The number of nitrogens with zero attached hydrogens (tertiary/aromatic N) is 2. The molecule has 73 heavy (non-hydrogen) atoms. The highest BCUT2D eigenvalue weighted by molar-refractivity contribution is 7.14. The van der Waals surface area contributed by atoms with Gasteiger partial charge >= 0.3 is 12.6 Å². The van der Waals surface area contributed by atoms with Gasteiger partial charge in [-0.2, -0.15) is 0 Å². The average molecular weight is 1090 g/mol. The van der Waals surface area contributed by atoms with Crippen molar-refractivity contribution in [2.45, 2.75) is 6.42 Å². The first kappa shape index (κ1) is 54.7. The molecule has 0 unspecified atom stereocenters. The van der Waals surface area contributed by atoms with Gasteiger partial charge in [-0.3, -0.25) is 0 Å². The minimum atomic E-state index is -7.03. The van der Waals surface area contributed by atoms with Gasteiger partial charge in [0.25, 0.3) is 0 Å². The van der Waals surface area contributed by atoms with Crippen LogP contribution in [0.1, 0.15) is 6.42 Å². The van der Waals surface area contributed by atoms with Crippen molar-refractivity contribution < 1.29 is 132 Å². The van der Waals surface area contributed by atoms with Gasteiger partial charge in [0.1, 0.15) is 69.8 Å². The molecular formula is C39H2B2F30N2. The van der Waals surface area contributed by atoms with Crippen LogP contribution in [-0.2, 0) is 0 Å². The van der Waals surface area contributed by atoms with E-state index in [1.165, 1.54) is 0 Å². The van der Waals surface area contributed by atoms with Gasteiger partial charge in [0.15, 0.2) is 111 Å². The van der Waals surface area contributed by atoms with Gasteiger partial charge < -0.3 is 9.51 Å². The van der Waals surface area contributed by atoms with E-state index in [1.807, 2.05) is 0 Å². The summed E-state index contributed by atoms with van der Waals surface area (Å²) in [7, 11) is 0. The first-order valence-corrected chi connectivity index (χ1v) is 18.1. The van der Waals surface area contributed by atoms with Gasteiger partial charge in [0.2, 0.25) is 12.1 Å². The predicted molar refractivity (Wildman–Crippen MR) is 186 cm³/mol. The maximum Gasteiger partial charge on any atom is 0.496 e. The van der Waals surface area contributed by atoms with Gasteiger partial charge in [0, 0.05) is 0 Å². The zero-order valence-electron chi connectivity index (χ0n) is 33.1. The molecule has 6 aromatic rings. The molecule has 384 valence electrons. The van der Waals surface area contributed by atoms with Crippen molar-refractivity contribution >= 4 is 45.3 Å². The molecule has 0 radical (unpaired) electrons. The summed E-state index contributed by atoms with van der Waals surface area (Å²) in [6.45, 7) is 0. The van der Waals surface area contributed by atoms with Crippen LogP contribution in [0.4, 0.5) is 132 Å². The van der Waals surface area contributed by atoms with Crippen LogP contribution in [0.5, 0.6) is 0 Å². The summed E-state index contributed by atoms with van der Waals surface area (Å²) in [6, 6.07) is 1.42. The Hall–Kier alpha value is -7.67. The van der Waals surface area contributed by atoms with E-state index in [4.69, 9.17) is 0 Å². The number of hydrogen-bond acceptors (Lipinski definition) is 0. The Bertz CT molecular complexity index is 2850. The van der Waals surface area contributed by atoms with E-state index < -0.39 is 226 Å². The molecule has 0 saturated carbocycles. The van der Waals surface area contributed by atoms with E-state index in [-0.39, 0.29) is 0 Å². The Morgan fingerprint density at radius 3 is 0.384 bits per heavy atom. The molecule has 0 saturated heterocycles. The molecule has 0 aromatic heterocycles. The number of rotatable bonds is 6. The first-order valence-electron chi connectivity index (χ1n) is 18.1. The van der Waals surface area contributed by atoms with Crippen LogP contribution < -0.4 is 32.8 Å². The Morgan fingerprint density at radius 1 is 0.178 bits per heavy atom. The van der Waals surface area contributed by atoms with E-state index >= 15 is 52.7 Å². The fourth-order valence-corrected chi connectivity index (χ4v) is 7.59. The Labute approximate surface area is 379 Å². The fraction of sp³-hybridized carbons (Fsp3) is 0.0256. The van der Waals surface area contributed by atoms with E-state index in [1.54, 1.807) is 0 Å². The minimum Gasteiger partial charge on any atom is -0.332 e. The van der Waals surface area contributed by atoms with E-state index in [0.717, 1.165) is 0 Å². The molecule has 6 aromatic carbocycles. The normalized spacial score (nSPS) is 11.8. The topological polar surface area (TPSA) is 8.72 Å². The van der Waals surface area contributed by atoms with Crippen molar-refractivity contribution in [3.05, 3.63) is 184 Å². The Morgan fingerprint density at radius 2 is 0.274 bits per heavy atom. The third kappa shape index (κ3) is 7.52. The third-order valence-electron chi connectivity index (χ3n) is 10.7. The standard InChI is InChI=1S/C39H2B2F30N2/c42-10-4(11(43)23(55)34(66)22(10)54)40(5-12(44)24(56)35(67)25(57)13(5)45,6-14(46)26(58)36(68)27(59)15(6)47)72-2-1-3-73-41(7-16(48)28(60)37(69)29(61)17(7)49,8-18(50)30(62)38(70)31(63)19(8)51)9-20(52)32(64)39(71)33(65)21(9)53/h1H2. The molecule has 0 heterocycles. The van der Waals surface area contributed by atoms with Crippen LogP contribution in [-0.4, -0.2) is 12.6 Å². The molecule has 0 amide bonds. The SMILES string of the molecule is Fc1c(F)c(F)c([B-]([N+]#CCC#[N+][B-](c2c(F)c(F)c(F)c(F)c2F)(c2c(F)c(F)c(F)c(F)c2F)c2c(F)c(F)c(F)c(F)c2F)(c2c(F)c(F)c(F)c(F)c2F)c2c(F)c(F)c(F)c(F)c2F)c(F)c1F. The van der Waals surface area contributed by atoms with Crippen LogP contribution in [0.2, 0.25) is 0 Å². The molecule has 0 atom stereocenters. The van der Waals surface area contributed by atoms with Gasteiger partial charge in [-0.05, 0) is 32.8 Å². The molecule has 0 aliphatic rings. The van der Waals surface area contributed by atoms with Crippen LogP contribution in [0.3, 0.4) is 0 Å². The molecule has 0 N–H and O–H groups in total. The molecule has 0 fully saturated rings. The summed E-state index contributed by atoms with van der Waals surface area (Å²) in [5.41, 5.74) is -21.1. The lowest BCUT2D eigenvalue weighted by Gasteiger charge is -2.29. The highest BCUT2D eigenvalue weighted by Crippen LogP contribution is 2.32. The second-order valence-electron chi connectivity index (χ2n) is 14.3. The summed E-state index contributed by atoms with van der Waals surface area (Å²) in [5.74, 6) is -109. The average Bonchev–Trinajstić information content (AvgIpc) is 3.35. The van der Waals surface area contributed by atoms with Gasteiger partial charge in [-0.15, -0.1) is 0 Å². The maximum atomic E-state index is 15.8. The Kier molecular flexibility index (Phi) is 14.0. The predicted octanol–water partition coefficient (Wildman–Crippen LogP) is 9.55. The molecule has 6 rings (SSSR count). The summed E-state index contributed by atoms with van der Waals surface area (Å²) in [6.07, 6.45) is -16.8. The van der Waals surface area contributed by atoms with Crippen molar-refractivity contribution in [1.82, 2.24) is 0 Å². The van der Waals surface area contributed by atoms with Crippen molar-refractivity contribution in [2.24, 2.45) is 0 Å². The monoisotopic (exact) mass is 1090 g/mol. The van der Waals surface area contributed by atoms with Gasteiger partial charge in [-0.25, -0.2) is 132 Å². The van der Waals surface area contributed by atoms with Gasteiger partial charge in [-0.1, -0.05) is 0 Å². The molecule has 2 nitrogen and oxygen atoms in total. The quantitative estimate of drug-likeness (QED) is 0.0681. The fourth-order valence-electron chi connectivity index (χ4n) is 7.59. The molecule has 0 aliphatic heterocycles. The highest BCUT2D eigenvalue weighted by Gasteiger charge is 2.61. The third-order valence-corrected chi connectivity index (χ3v) is 10.7. The van der Waals surface area contributed by atoms with Crippen LogP contribution in [0.15, 0.2) is 0 Å². The number of halogens is 30. The van der Waals surface area contributed by atoms with Crippen LogP contribution in [0, 0.1) is 187 Å². The maximum absolute atomic E-state index is 15.8. The van der Waals surface area contributed by atoms with Crippen molar-refractivity contribution in [1.29, 1.82) is 0 Å². The van der Waals surface area contributed by atoms with Crippen molar-refractivity contribution in [3.8, 4) is 12.1 Å². The molecular weight excluding hydrogens is 1090 g/mol. The van der Waals surface area contributed by atoms with Crippen molar-refractivity contribution in [2.75, 3.05) is 0 Å². The van der Waals surface area contributed by atoms with E-state index in [2.05, 4.69) is 9.51 Å². The zero-order chi connectivity index (χ0) is 55.3. The molecule has 34 heteroatoms. The van der Waals surface area contributed by atoms with Crippen molar-refractivity contribution in [3.63, 3.8) is 0 Å². The number of benzene rings is 6. The summed E-state index contributed by atoms with van der Waals surface area (Å²) in [5, 5.41) is 0. The summed E-state index contributed by atoms with van der Waals surface area (Å²) in [4.78, 5) is 0. The smallest absolute Gasteiger partial charge is 0.332 e. The molecule has 0 spiro atoms. The van der Waals surface area contributed by atoms with E-state index in [9.17, 15) is 79.0 Å². The van der Waals surface area contributed by atoms with Crippen LogP contribution in [0.25, 0.3) is 9.51 Å². The second kappa shape index (κ2) is 18.7. The first-order chi connectivity index (χ1) is 33.8. The number of hydrogen-bond donors (Lipinski definition) is 0. The minimum absolute atomic E-state index is 0.711. The van der Waals surface area contributed by atoms with E-state index in [0.29, 0.717) is 12.1 Å². The Balaban J connectivity index is 1.96. The largest absolute Gasteiger partial charge is 0.496 e. The van der Waals surface area contributed by atoms with Gasteiger partial charge in [0.05, 0.1) is 0 Å².